The number of rotatable bonds is 3. The van der Waals surface area contributed by atoms with Gasteiger partial charge in [0, 0.05) is 24.5 Å². The summed E-state index contributed by atoms with van der Waals surface area (Å²) in [5.41, 5.74) is 0.985. The summed E-state index contributed by atoms with van der Waals surface area (Å²) in [7, 11) is 0. The Labute approximate surface area is 154 Å². The quantitative estimate of drug-likeness (QED) is 0.785. The van der Waals surface area contributed by atoms with E-state index in [2.05, 4.69) is 10.2 Å². The fourth-order valence-electron chi connectivity index (χ4n) is 3.25. The molecule has 2 heterocycles. The highest BCUT2D eigenvalue weighted by atomic mass is 35.5. The van der Waals surface area contributed by atoms with Gasteiger partial charge in [-0.05, 0) is 54.6 Å². The zero-order valence-corrected chi connectivity index (χ0v) is 15.4. The standard InChI is InChI=1S/C18H20ClF3N2S/c1-12-5-10-25-17(12)16(24-8-2-6-23-7-9-24)13-3-4-15(19)14(11-13)18(20,21)22/h3-5,10-11,16,23H,2,6-9H2,1H3. The number of nitrogens with zero attached hydrogens (tertiary/aromatic N) is 1. The summed E-state index contributed by atoms with van der Waals surface area (Å²) in [5, 5.41) is 5.09. The summed E-state index contributed by atoms with van der Waals surface area (Å²) >= 11 is 7.41. The molecule has 2 aromatic rings. The second-order valence-corrected chi connectivity index (χ2v) is 7.60. The average Bonchev–Trinajstić information content (AvgIpc) is 2.81. The van der Waals surface area contributed by atoms with Crippen LogP contribution in [0.4, 0.5) is 13.2 Å². The van der Waals surface area contributed by atoms with Crippen molar-refractivity contribution < 1.29 is 13.2 Å². The van der Waals surface area contributed by atoms with Crippen molar-refractivity contribution in [3.63, 3.8) is 0 Å². The molecule has 1 aromatic heterocycles. The largest absolute Gasteiger partial charge is 0.417 e. The van der Waals surface area contributed by atoms with Gasteiger partial charge in [-0.15, -0.1) is 11.3 Å². The van der Waals surface area contributed by atoms with E-state index < -0.39 is 11.7 Å². The minimum absolute atomic E-state index is 0.182. The molecule has 0 spiro atoms. The van der Waals surface area contributed by atoms with Crippen molar-refractivity contribution in [1.82, 2.24) is 10.2 Å². The fourth-order valence-corrected chi connectivity index (χ4v) is 4.56. The van der Waals surface area contributed by atoms with Crippen molar-refractivity contribution >= 4 is 22.9 Å². The predicted molar refractivity (Wildman–Crippen MR) is 96.4 cm³/mol. The number of hydrogen-bond donors (Lipinski definition) is 1. The van der Waals surface area contributed by atoms with Gasteiger partial charge in [0.2, 0.25) is 0 Å². The number of alkyl halides is 3. The Hall–Kier alpha value is -1.08. The predicted octanol–water partition coefficient (Wildman–Crippen LogP) is 5.11. The van der Waals surface area contributed by atoms with Gasteiger partial charge in [-0.25, -0.2) is 0 Å². The van der Waals surface area contributed by atoms with E-state index in [1.54, 1.807) is 17.4 Å². The van der Waals surface area contributed by atoms with Crippen molar-refractivity contribution in [2.45, 2.75) is 25.6 Å². The summed E-state index contributed by atoms with van der Waals surface area (Å²) in [4.78, 5) is 3.36. The maximum absolute atomic E-state index is 13.3. The van der Waals surface area contributed by atoms with E-state index in [1.807, 2.05) is 18.4 Å². The summed E-state index contributed by atoms with van der Waals surface area (Å²) in [6.45, 7) is 5.42. The smallest absolute Gasteiger partial charge is 0.315 e. The molecular formula is C18H20ClF3N2S. The molecule has 0 saturated carbocycles. The van der Waals surface area contributed by atoms with E-state index >= 15 is 0 Å². The van der Waals surface area contributed by atoms with Crippen LogP contribution in [0.25, 0.3) is 0 Å². The van der Waals surface area contributed by atoms with Crippen LogP contribution in [0.5, 0.6) is 0 Å². The third-order valence-electron chi connectivity index (χ3n) is 4.50. The molecule has 2 nitrogen and oxygen atoms in total. The first kappa shape index (κ1) is 18.7. The Balaban J connectivity index is 2.07. The summed E-state index contributed by atoms with van der Waals surface area (Å²) < 4.78 is 39.9. The first-order chi connectivity index (χ1) is 11.9. The van der Waals surface area contributed by atoms with Crippen molar-refractivity contribution in [2.75, 3.05) is 26.2 Å². The highest BCUT2D eigenvalue weighted by molar-refractivity contribution is 7.10. The van der Waals surface area contributed by atoms with Crippen LogP contribution in [0.3, 0.4) is 0 Å². The van der Waals surface area contributed by atoms with Gasteiger partial charge in [0.1, 0.15) is 0 Å². The van der Waals surface area contributed by atoms with Gasteiger partial charge in [0.05, 0.1) is 16.6 Å². The van der Waals surface area contributed by atoms with Gasteiger partial charge in [-0.2, -0.15) is 13.2 Å². The monoisotopic (exact) mass is 388 g/mol. The van der Waals surface area contributed by atoms with Gasteiger partial charge in [0.25, 0.3) is 0 Å². The third kappa shape index (κ3) is 4.19. The molecule has 0 aliphatic carbocycles. The molecule has 1 fully saturated rings. The number of thiophene rings is 1. The molecule has 1 unspecified atom stereocenters. The zero-order chi connectivity index (χ0) is 18.0. The molecular weight excluding hydrogens is 369 g/mol. The van der Waals surface area contributed by atoms with Gasteiger partial charge < -0.3 is 5.32 Å². The topological polar surface area (TPSA) is 15.3 Å². The van der Waals surface area contributed by atoms with Crippen LogP contribution in [0.15, 0.2) is 29.6 Å². The van der Waals surface area contributed by atoms with Crippen LogP contribution >= 0.6 is 22.9 Å². The number of nitrogens with one attached hydrogen (secondary N) is 1. The summed E-state index contributed by atoms with van der Waals surface area (Å²) in [6.07, 6.45) is -3.48. The lowest BCUT2D eigenvalue weighted by atomic mass is 9.98. The second kappa shape index (κ2) is 7.66. The maximum atomic E-state index is 13.3. The number of benzene rings is 1. The molecule has 1 aliphatic heterocycles. The molecule has 0 bridgehead atoms. The Kier molecular flexibility index (Phi) is 5.73. The Bertz CT molecular complexity index is 721. The molecule has 25 heavy (non-hydrogen) atoms. The number of hydrogen-bond acceptors (Lipinski definition) is 3. The van der Waals surface area contributed by atoms with E-state index in [9.17, 15) is 13.2 Å². The summed E-state index contributed by atoms with van der Waals surface area (Å²) in [5.74, 6) is 0. The van der Waals surface area contributed by atoms with Crippen LogP contribution in [0.2, 0.25) is 5.02 Å². The van der Waals surface area contributed by atoms with Crippen molar-refractivity contribution in [3.05, 3.63) is 56.2 Å². The molecule has 136 valence electrons. The molecule has 3 rings (SSSR count). The average molecular weight is 389 g/mol. The van der Waals surface area contributed by atoms with E-state index in [-0.39, 0.29) is 11.1 Å². The lowest BCUT2D eigenvalue weighted by molar-refractivity contribution is -0.137. The molecule has 0 amide bonds. The van der Waals surface area contributed by atoms with E-state index in [0.29, 0.717) is 5.56 Å². The minimum atomic E-state index is -4.46. The van der Waals surface area contributed by atoms with E-state index in [0.717, 1.165) is 43.0 Å². The third-order valence-corrected chi connectivity index (χ3v) is 5.90. The van der Waals surface area contributed by atoms with Crippen LogP contribution < -0.4 is 5.32 Å². The Morgan fingerprint density at radius 2 is 2.00 bits per heavy atom. The molecule has 0 radical (unpaired) electrons. The molecule has 1 atom stereocenters. The first-order valence-corrected chi connectivity index (χ1v) is 9.49. The molecule has 7 heteroatoms. The van der Waals surface area contributed by atoms with Crippen LogP contribution in [-0.2, 0) is 6.18 Å². The van der Waals surface area contributed by atoms with Crippen LogP contribution in [0, 0.1) is 6.92 Å². The van der Waals surface area contributed by atoms with Gasteiger partial charge in [-0.1, -0.05) is 17.7 Å². The lowest BCUT2D eigenvalue weighted by Gasteiger charge is -2.31. The van der Waals surface area contributed by atoms with E-state index in [1.165, 1.54) is 12.1 Å². The van der Waals surface area contributed by atoms with Gasteiger partial charge >= 0.3 is 6.18 Å². The zero-order valence-electron chi connectivity index (χ0n) is 13.9. The number of aryl methyl sites for hydroxylation is 1. The molecule has 1 aliphatic rings. The fraction of sp³-hybridized carbons (Fsp3) is 0.444. The van der Waals surface area contributed by atoms with Crippen molar-refractivity contribution in [1.29, 1.82) is 0 Å². The summed E-state index contributed by atoms with van der Waals surface area (Å²) in [6, 6.07) is 6.14. The molecule has 1 aromatic carbocycles. The maximum Gasteiger partial charge on any atom is 0.417 e. The second-order valence-electron chi connectivity index (χ2n) is 6.25. The van der Waals surface area contributed by atoms with Crippen LogP contribution in [0.1, 0.15) is 34.0 Å². The van der Waals surface area contributed by atoms with Gasteiger partial charge in [0.15, 0.2) is 0 Å². The van der Waals surface area contributed by atoms with Crippen molar-refractivity contribution in [3.8, 4) is 0 Å². The minimum Gasteiger partial charge on any atom is -0.315 e. The van der Waals surface area contributed by atoms with Gasteiger partial charge in [-0.3, -0.25) is 4.90 Å². The van der Waals surface area contributed by atoms with Crippen LogP contribution in [-0.4, -0.2) is 31.1 Å². The highest BCUT2D eigenvalue weighted by Gasteiger charge is 2.35. The SMILES string of the molecule is Cc1ccsc1C(c1ccc(Cl)c(C(F)(F)F)c1)N1CCCNCC1. The Morgan fingerprint density at radius 1 is 1.20 bits per heavy atom. The van der Waals surface area contributed by atoms with Crippen molar-refractivity contribution in [2.24, 2.45) is 0 Å². The molecule has 1 saturated heterocycles. The first-order valence-electron chi connectivity index (χ1n) is 8.23. The molecule has 1 N–H and O–H groups in total. The normalized spacial score (nSPS) is 18.1. The highest BCUT2D eigenvalue weighted by Crippen LogP contribution is 2.40. The van der Waals surface area contributed by atoms with E-state index in [4.69, 9.17) is 11.6 Å². The number of halogens is 4. The Morgan fingerprint density at radius 3 is 2.68 bits per heavy atom. The lowest BCUT2D eigenvalue weighted by Crippen LogP contribution is -2.33.